The van der Waals surface area contributed by atoms with Gasteiger partial charge < -0.3 is 10.6 Å². The number of piperidine rings is 1. The summed E-state index contributed by atoms with van der Waals surface area (Å²) in [6.45, 7) is 3.57. The molecule has 136 valence electrons. The quantitative estimate of drug-likeness (QED) is 0.859. The molecule has 24 heavy (non-hydrogen) atoms. The highest BCUT2D eigenvalue weighted by Crippen LogP contribution is 2.27. The van der Waals surface area contributed by atoms with Crippen molar-refractivity contribution in [2.45, 2.75) is 24.9 Å². The zero-order chi connectivity index (χ0) is 15.4. The van der Waals surface area contributed by atoms with Crippen LogP contribution in [-0.4, -0.2) is 59.4 Å². The normalized spacial score (nSPS) is 20.6. The topological polar surface area (TPSA) is 49.6 Å². The molecular formula is C17H27Cl2N3OS. The molecule has 0 radical (unpaired) electrons. The molecule has 1 aromatic carbocycles. The van der Waals surface area contributed by atoms with E-state index in [1.807, 2.05) is 34.9 Å². The molecule has 0 aromatic heterocycles. The zero-order valence-corrected chi connectivity index (χ0v) is 16.3. The van der Waals surface area contributed by atoms with Gasteiger partial charge in [0, 0.05) is 43.7 Å². The fourth-order valence-electron chi connectivity index (χ4n) is 3.27. The van der Waals surface area contributed by atoms with Crippen LogP contribution < -0.4 is 5.73 Å². The number of halogens is 2. The van der Waals surface area contributed by atoms with Crippen molar-refractivity contribution in [1.82, 2.24) is 9.80 Å². The van der Waals surface area contributed by atoms with E-state index in [1.165, 1.54) is 0 Å². The van der Waals surface area contributed by atoms with Crippen molar-refractivity contribution in [2.24, 2.45) is 5.73 Å². The Morgan fingerprint density at radius 1 is 1.04 bits per heavy atom. The Bertz CT molecular complexity index is 492. The molecule has 0 spiro atoms. The van der Waals surface area contributed by atoms with Gasteiger partial charge in [-0.05, 0) is 18.4 Å². The summed E-state index contributed by atoms with van der Waals surface area (Å²) in [5.41, 5.74) is 7.10. The minimum atomic E-state index is -0.128. The molecule has 3 rings (SSSR count). The summed E-state index contributed by atoms with van der Waals surface area (Å²) in [5, 5.41) is 0. The van der Waals surface area contributed by atoms with Gasteiger partial charge in [0.25, 0.3) is 0 Å². The highest BCUT2D eigenvalue weighted by atomic mass is 35.5. The molecule has 2 fully saturated rings. The summed E-state index contributed by atoms with van der Waals surface area (Å²) in [5.74, 6) is 2.48. The molecule has 1 aromatic rings. The lowest BCUT2D eigenvalue weighted by atomic mass is 10.0. The van der Waals surface area contributed by atoms with Gasteiger partial charge in [-0.1, -0.05) is 30.3 Å². The number of amides is 1. The number of thioether (sulfide) groups is 1. The molecule has 4 nitrogen and oxygen atoms in total. The molecule has 7 heteroatoms. The molecular weight excluding hydrogens is 365 g/mol. The van der Waals surface area contributed by atoms with Gasteiger partial charge in [0.2, 0.25) is 5.91 Å². The van der Waals surface area contributed by atoms with E-state index in [4.69, 9.17) is 5.73 Å². The Morgan fingerprint density at radius 3 is 2.21 bits per heavy atom. The Balaban J connectivity index is 0.00000144. The summed E-state index contributed by atoms with van der Waals surface area (Å²) in [6, 6.07) is 10.4. The second-order valence-corrected chi connectivity index (χ2v) is 7.35. The van der Waals surface area contributed by atoms with Crippen LogP contribution in [0.15, 0.2) is 30.3 Å². The van der Waals surface area contributed by atoms with Crippen molar-refractivity contribution >= 4 is 42.5 Å². The van der Waals surface area contributed by atoms with Crippen molar-refractivity contribution in [3.63, 3.8) is 0 Å². The monoisotopic (exact) mass is 391 g/mol. The Hall–Kier alpha value is -0.460. The summed E-state index contributed by atoms with van der Waals surface area (Å²) >= 11 is 1.98. The first kappa shape index (κ1) is 21.6. The zero-order valence-electron chi connectivity index (χ0n) is 13.8. The minimum Gasteiger partial charge on any atom is -0.341 e. The maximum absolute atomic E-state index is 13.1. The third-order valence-corrected chi connectivity index (χ3v) is 5.55. The lowest BCUT2D eigenvalue weighted by Crippen LogP contribution is -2.49. The van der Waals surface area contributed by atoms with Crippen LogP contribution in [0.5, 0.6) is 0 Å². The van der Waals surface area contributed by atoms with Gasteiger partial charge in [0.1, 0.15) is 6.04 Å². The minimum absolute atomic E-state index is 0. The van der Waals surface area contributed by atoms with Crippen molar-refractivity contribution in [1.29, 1.82) is 0 Å². The molecule has 1 amide bonds. The van der Waals surface area contributed by atoms with Gasteiger partial charge in [-0.2, -0.15) is 11.8 Å². The number of carbonyl (C=O) groups excluding carboxylic acids is 1. The molecule has 0 aliphatic carbocycles. The summed E-state index contributed by atoms with van der Waals surface area (Å²) in [6.07, 6.45) is 1.84. The predicted octanol–water partition coefficient (Wildman–Crippen LogP) is 2.57. The van der Waals surface area contributed by atoms with E-state index in [0.29, 0.717) is 0 Å². The fourth-order valence-corrected chi connectivity index (χ4v) is 4.20. The average molecular weight is 392 g/mol. The number of hydrogen-bond donors (Lipinski definition) is 1. The number of benzene rings is 1. The lowest BCUT2D eigenvalue weighted by molar-refractivity contribution is -0.138. The first-order valence-corrected chi connectivity index (χ1v) is 9.32. The van der Waals surface area contributed by atoms with Crippen molar-refractivity contribution in [3.8, 4) is 0 Å². The molecule has 2 N–H and O–H groups in total. The van der Waals surface area contributed by atoms with E-state index in [0.717, 1.165) is 56.1 Å². The standard InChI is InChI=1S/C17H25N3OS.2ClH/c18-15-6-8-20(9-7-15)17(21)16(14-4-2-1-3-5-14)19-10-12-22-13-11-19;;/h1-5,15-16H,6-13,18H2;2*1H. The number of rotatable bonds is 3. The smallest absolute Gasteiger partial charge is 0.244 e. The Labute approximate surface area is 161 Å². The first-order chi connectivity index (χ1) is 10.8. The van der Waals surface area contributed by atoms with Crippen LogP contribution in [0.25, 0.3) is 0 Å². The Kier molecular flexibility index (Phi) is 9.45. The highest BCUT2D eigenvalue weighted by Gasteiger charge is 2.33. The SMILES string of the molecule is Cl.Cl.NC1CCN(C(=O)C(c2ccccc2)N2CCSCC2)CC1. The van der Waals surface area contributed by atoms with E-state index < -0.39 is 0 Å². The van der Waals surface area contributed by atoms with Crippen LogP contribution in [0.2, 0.25) is 0 Å². The lowest BCUT2D eigenvalue weighted by Gasteiger charge is -2.38. The number of nitrogens with zero attached hydrogens (tertiary/aromatic N) is 2. The molecule has 2 saturated heterocycles. The second-order valence-electron chi connectivity index (χ2n) is 6.12. The largest absolute Gasteiger partial charge is 0.341 e. The van der Waals surface area contributed by atoms with E-state index in [2.05, 4.69) is 17.0 Å². The molecule has 1 atom stereocenters. The fraction of sp³-hybridized carbons (Fsp3) is 0.588. The van der Waals surface area contributed by atoms with Gasteiger partial charge in [0.05, 0.1) is 0 Å². The molecule has 2 heterocycles. The van der Waals surface area contributed by atoms with Gasteiger partial charge >= 0.3 is 0 Å². The predicted molar refractivity (Wildman–Crippen MR) is 106 cm³/mol. The third-order valence-electron chi connectivity index (χ3n) is 4.61. The molecule has 0 bridgehead atoms. The van der Waals surface area contributed by atoms with E-state index in [-0.39, 0.29) is 42.8 Å². The van der Waals surface area contributed by atoms with Crippen molar-refractivity contribution < 1.29 is 4.79 Å². The second kappa shape index (κ2) is 10.5. The molecule has 1 unspecified atom stereocenters. The first-order valence-electron chi connectivity index (χ1n) is 8.17. The van der Waals surface area contributed by atoms with Gasteiger partial charge in [-0.15, -0.1) is 24.8 Å². The summed E-state index contributed by atoms with van der Waals surface area (Å²) < 4.78 is 0. The van der Waals surface area contributed by atoms with E-state index in [1.54, 1.807) is 0 Å². The van der Waals surface area contributed by atoms with Crippen LogP contribution in [-0.2, 0) is 4.79 Å². The van der Waals surface area contributed by atoms with Crippen LogP contribution >= 0.6 is 36.6 Å². The summed E-state index contributed by atoms with van der Waals surface area (Å²) in [7, 11) is 0. The number of nitrogens with two attached hydrogens (primary N) is 1. The van der Waals surface area contributed by atoms with Crippen LogP contribution in [0.3, 0.4) is 0 Å². The average Bonchev–Trinajstić information content (AvgIpc) is 2.57. The number of likely N-dealkylation sites (tertiary alicyclic amines) is 1. The van der Waals surface area contributed by atoms with Gasteiger partial charge in [-0.3, -0.25) is 9.69 Å². The van der Waals surface area contributed by atoms with E-state index >= 15 is 0 Å². The van der Waals surface area contributed by atoms with Gasteiger partial charge in [0.15, 0.2) is 0 Å². The Morgan fingerprint density at radius 2 is 1.62 bits per heavy atom. The van der Waals surface area contributed by atoms with Crippen LogP contribution in [0.1, 0.15) is 24.4 Å². The maximum atomic E-state index is 13.1. The van der Waals surface area contributed by atoms with E-state index in [9.17, 15) is 4.79 Å². The highest BCUT2D eigenvalue weighted by molar-refractivity contribution is 7.99. The van der Waals surface area contributed by atoms with Crippen LogP contribution in [0.4, 0.5) is 0 Å². The van der Waals surface area contributed by atoms with Crippen molar-refractivity contribution in [2.75, 3.05) is 37.7 Å². The molecule has 0 saturated carbocycles. The van der Waals surface area contributed by atoms with Gasteiger partial charge in [-0.25, -0.2) is 0 Å². The number of hydrogen-bond acceptors (Lipinski definition) is 4. The van der Waals surface area contributed by atoms with Crippen LogP contribution in [0, 0.1) is 0 Å². The molecule has 2 aliphatic heterocycles. The molecule has 2 aliphatic rings. The van der Waals surface area contributed by atoms with Crippen molar-refractivity contribution in [3.05, 3.63) is 35.9 Å². The maximum Gasteiger partial charge on any atom is 0.244 e. The number of carbonyl (C=O) groups is 1. The third kappa shape index (κ3) is 5.27. The summed E-state index contributed by atoms with van der Waals surface area (Å²) in [4.78, 5) is 17.5.